The minimum Gasteiger partial charge on any atom is -0.497 e. The second-order valence-corrected chi connectivity index (χ2v) is 9.48. The molecule has 0 heterocycles. The highest BCUT2D eigenvalue weighted by atomic mass is 32.2. The summed E-state index contributed by atoms with van der Waals surface area (Å²) < 4.78 is 36.8. The van der Waals surface area contributed by atoms with Crippen LogP contribution in [0, 0.1) is 6.92 Å². The van der Waals surface area contributed by atoms with Crippen molar-refractivity contribution < 1.29 is 22.7 Å². The normalized spacial score (nSPS) is 12.0. The van der Waals surface area contributed by atoms with Crippen molar-refractivity contribution in [2.45, 2.75) is 13.0 Å². The molecule has 0 aromatic heterocycles. The first-order valence-corrected chi connectivity index (χ1v) is 12.2. The van der Waals surface area contributed by atoms with Gasteiger partial charge in [-0.2, -0.15) is 0 Å². The number of nitrogens with one attached hydrogen (secondary N) is 1. The highest BCUT2D eigenvalue weighted by Gasteiger charge is 2.26. The Kier molecular flexibility index (Phi) is 7.60. The maximum absolute atomic E-state index is 13.2. The van der Waals surface area contributed by atoms with Crippen LogP contribution in [-0.4, -0.2) is 41.3 Å². The Morgan fingerprint density at radius 2 is 1.64 bits per heavy atom. The molecule has 1 N–H and O–H groups in total. The number of rotatable bonds is 9. The minimum absolute atomic E-state index is 0.253. The minimum atomic E-state index is -3.79. The Bertz CT molecular complexity index is 1210. The SMILES string of the molecule is COc1ccc(N(CC(=O)N[C@@H](c2ccccc2)c2ccccc2C)S(C)(=O)=O)c(OC)c1. The maximum atomic E-state index is 13.2. The lowest BCUT2D eigenvalue weighted by atomic mass is 9.95. The van der Waals surface area contributed by atoms with Crippen molar-refractivity contribution in [1.82, 2.24) is 5.32 Å². The quantitative estimate of drug-likeness (QED) is 0.518. The van der Waals surface area contributed by atoms with E-state index in [0.717, 1.165) is 27.3 Å². The lowest BCUT2D eigenvalue weighted by Gasteiger charge is -2.26. The zero-order valence-electron chi connectivity index (χ0n) is 19.1. The van der Waals surface area contributed by atoms with Crippen molar-refractivity contribution in [3.8, 4) is 11.5 Å². The number of carbonyl (C=O) groups excluding carboxylic acids is 1. The van der Waals surface area contributed by atoms with Gasteiger partial charge in [0, 0.05) is 6.07 Å². The van der Waals surface area contributed by atoms with Gasteiger partial charge < -0.3 is 14.8 Å². The van der Waals surface area contributed by atoms with Gasteiger partial charge in [-0.15, -0.1) is 0 Å². The largest absolute Gasteiger partial charge is 0.497 e. The van der Waals surface area contributed by atoms with E-state index >= 15 is 0 Å². The van der Waals surface area contributed by atoms with Crippen LogP contribution in [0.15, 0.2) is 72.8 Å². The van der Waals surface area contributed by atoms with Crippen LogP contribution in [0.1, 0.15) is 22.7 Å². The van der Waals surface area contributed by atoms with Crippen LogP contribution in [0.2, 0.25) is 0 Å². The van der Waals surface area contributed by atoms with Crippen LogP contribution in [0.25, 0.3) is 0 Å². The Morgan fingerprint density at radius 3 is 2.24 bits per heavy atom. The van der Waals surface area contributed by atoms with Crippen LogP contribution < -0.4 is 19.1 Å². The zero-order chi connectivity index (χ0) is 24.0. The number of nitrogens with zero attached hydrogens (tertiary/aromatic N) is 1. The lowest BCUT2D eigenvalue weighted by molar-refractivity contribution is -0.120. The molecule has 174 valence electrons. The molecule has 3 aromatic rings. The molecule has 0 aliphatic carbocycles. The summed E-state index contributed by atoms with van der Waals surface area (Å²) >= 11 is 0. The summed E-state index contributed by atoms with van der Waals surface area (Å²) in [4.78, 5) is 13.2. The molecule has 0 aliphatic rings. The number of methoxy groups -OCH3 is 2. The second kappa shape index (κ2) is 10.4. The predicted molar refractivity (Wildman–Crippen MR) is 129 cm³/mol. The number of carbonyl (C=O) groups is 1. The summed E-state index contributed by atoms with van der Waals surface area (Å²) in [7, 11) is -0.848. The molecule has 0 unspecified atom stereocenters. The lowest BCUT2D eigenvalue weighted by Crippen LogP contribution is -2.42. The summed E-state index contributed by atoms with van der Waals surface area (Å²) in [5.74, 6) is 0.346. The van der Waals surface area contributed by atoms with E-state index in [1.807, 2.05) is 61.5 Å². The van der Waals surface area contributed by atoms with Crippen molar-refractivity contribution in [2.24, 2.45) is 0 Å². The van der Waals surface area contributed by atoms with E-state index in [0.29, 0.717) is 5.75 Å². The topological polar surface area (TPSA) is 84.9 Å². The molecular formula is C25H28N2O5S. The number of sulfonamides is 1. The molecule has 8 heteroatoms. The summed E-state index contributed by atoms with van der Waals surface area (Å²) in [6.45, 7) is 1.57. The van der Waals surface area contributed by atoms with E-state index in [2.05, 4.69) is 5.32 Å². The standard InChI is InChI=1S/C25H28N2O5S/c1-18-10-8-9-13-21(18)25(19-11-6-5-7-12-19)26-24(28)17-27(33(4,29)30)22-15-14-20(31-2)16-23(22)32-3/h5-16,25H,17H2,1-4H3,(H,26,28)/t25-/m0/s1. The molecule has 1 amide bonds. The molecule has 0 radical (unpaired) electrons. The van der Waals surface area contributed by atoms with E-state index in [-0.39, 0.29) is 11.4 Å². The van der Waals surface area contributed by atoms with Crippen LogP contribution in [0.3, 0.4) is 0 Å². The number of hydrogen-bond acceptors (Lipinski definition) is 5. The van der Waals surface area contributed by atoms with Gasteiger partial charge in [0.1, 0.15) is 18.0 Å². The van der Waals surface area contributed by atoms with Gasteiger partial charge in [0.25, 0.3) is 0 Å². The molecule has 3 rings (SSSR count). The molecule has 3 aromatic carbocycles. The van der Waals surface area contributed by atoms with E-state index in [1.54, 1.807) is 18.2 Å². The zero-order valence-corrected chi connectivity index (χ0v) is 19.9. The average molecular weight is 469 g/mol. The monoisotopic (exact) mass is 468 g/mol. The van der Waals surface area contributed by atoms with Gasteiger partial charge in [0.05, 0.1) is 32.2 Å². The third-order valence-electron chi connectivity index (χ3n) is 5.28. The van der Waals surface area contributed by atoms with Gasteiger partial charge in [-0.1, -0.05) is 54.6 Å². The van der Waals surface area contributed by atoms with E-state index in [9.17, 15) is 13.2 Å². The maximum Gasteiger partial charge on any atom is 0.241 e. The molecule has 0 saturated carbocycles. The molecule has 1 atom stereocenters. The summed E-state index contributed by atoms with van der Waals surface area (Å²) in [6.07, 6.45) is 1.06. The fourth-order valence-electron chi connectivity index (χ4n) is 3.61. The average Bonchev–Trinajstić information content (AvgIpc) is 2.81. The second-order valence-electron chi connectivity index (χ2n) is 7.58. The number of amides is 1. The number of benzene rings is 3. The highest BCUT2D eigenvalue weighted by molar-refractivity contribution is 7.92. The molecule has 0 bridgehead atoms. The molecule has 33 heavy (non-hydrogen) atoms. The Morgan fingerprint density at radius 1 is 0.970 bits per heavy atom. The van der Waals surface area contributed by atoms with E-state index in [1.165, 1.54) is 14.2 Å². The predicted octanol–water partition coefficient (Wildman–Crippen LogP) is 3.68. The molecule has 0 saturated heterocycles. The summed E-state index contributed by atoms with van der Waals surface area (Å²) in [5, 5.41) is 3.01. The van der Waals surface area contributed by atoms with Gasteiger partial charge in [-0.05, 0) is 35.7 Å². The van der Waals surface area contributed by atoms with E-state index in [4.69, 9.17) is 9.47 Å². The number of aryl methyl sites for hydroxylation is 1. The first kappa shape index (κ1) is 24.1. The van der Waals surface area contributed by atoms with Crippen molar-refractivity contribution in [1.29, 1.82) is 0 Å². The molecule has 7 nitrogen and oxygen atoms in total. The van der Waals surface area contributed by atoms with Crippen molar-refractivity contribution in [2.75, 3.05) is 31.3 Å². The summed E-state index contributed by atoms with van der Waals surface area (Å²) in [6, 6.07) is 21.7. The molecule has 0 aliphatic heterocycles. The smallest absolute Gasteiger partial charge is 0.241 e. The van der Waals surface area contributed by atoms with Crippen LogP contribution >= 0.6 is 0 Å². The molecule has 0 fully saturated rings. The highest BCUT2D eigenvalue weighted by Crippen LogP contribution is 2.33. The Labute approximate surface area is 195 Å². The fourth-order valence-corrected chi connectivity index (χ4v) is 4.47. The van der Waals surface area contributed by atoms with Crippen LogP contribution in [0.5, 0.6) is 11.5 Å². The number of hydrogen-bond donors (Lipinski definition) is 1. The van der Waals surface area contributed by atoms with Gasteiger partial charge in [-0.3, -0.25) is 9.10 Å². The first-order valence-electron chi connectivity index (χ1n) is 10.3. The number of ether oxygens (including phenoxy) is 2. The van der Waals surface area contributed by atoms with Gasteiger partial charge in [0.15, 0.2) is 0 Å². The van der Waals surface area contributed by atoms with Crippen LogP contribution in [-0.2, 0) is 14.8 Å². The molecular weight excluding hydrogens is 440 g/mol. The van der Waals surface area contributed by atoms with Gasteiger partial charge in [0.2, 0.25) is 15.9 Å². The number of anilines is 1. The molecule has 0 spiro atoms. The Balaban J connectivity index is 1.94. The fraction of sp³-hybridized carbons (Fsp3) is 0.240. The van der Waals surface area contributed by atoms with E-state index < -0.39 is 28.5 Å². The van der Waals surface area contributed by atoms with Crippen molar-refractivity contribution in [3.63, 3.8) is 0 Å². The summed E-state index contributed by atoms with van der Waals surface area (Å²) in [5.41, 5.74) is 3.10. The van der Waals surface area contributed by atoms with Crippen molar-refractivity contribution >= 4 is 21.6 Å². The van der Waals surface area contributed by atoms with Crippen molar-refractivity contribution in [3.05, 3.63) is 89.5 Å². The van der Waals surface area contributed by atoms with Gasteiger partial charge in [-0.25, -0.2) is 8.42 Å². The third-order valence-corrected chi connectivity index (χ3v) is 6.41. The third kappa shape index (κ3) is 5.84. The first-order chi connectivity index (χ1) is 15.7. The Hall–Kier alpha value is -3.52. The van der Waals surface area contributed by atoms with Gasteiger partial charge >= 0.3 is 0 Å². The van der Waals surface area contributed by atoms with Crippen LogP contribution in [0.4, 0.5) is 5.69 Å².